The third-order valence-corrected chi connectivity index (χ3v) is 5.33. The van der Waals surface area contributed by atoms with Gasteiger partial charge in [0.25, 0.3) is 0 Å². The van der Waals surface area contributed by atoms with E-state index in [0.29, 0.717) is 6.54 Å². The first-order chi connectivity index (χ1) is 14.1. The number of rotatable bonds is 5. The quantitative estimate of drug-likeness (QED) is 0.619. The first-order valence-electron chi connectivity index (χ1n) is 9.93. The van der Waals surface area contributed by atoms with Crippen LogP contribution in [0.3, 0.4) is 0 Å². The van der Waals surface area contributed by atoms with Gasteiger partial charge in [-0.15, -0.1) is 0 Å². The Hall–Kier alpha value is -3.11. The van der Waals surface area contributed by atoms with E-state index < -0.39 is 0 Å². The summed E-state index contributed by atoms with van der Waals surface area (Å²) in [6.07, 6.45) is 10.9. The number of H-pyrrole nitrogens is 1. The van der Waals surface area contributed by atoms with Crippen molar-refractivity contribution in [1.82, 2.24) is 4.98 Å². The highest BCUT2D eigenvalue weighted by molar-refractivity contribution is 6.01. The van der Waals surface area contributed by atoms with Gasteiger partial charge in [-0.25, -0.2) is 0 Å². The molecule has 1 aromatic heterocycles. The first kappa shape index (κ1) is 19.2. The Bertz CT molecular complexity index is 1190. The van der Waals surface area contributed by atoms with Gasteiger partial charge >= 0.3 is 7.98 Å². The number of allylic oxidation sites excluding steroid dienone is 2. The zero-order valence-corrected chi connectivity index (χ0v) is 16.9. The third-order valence-electron chi connectivity index (χ3n) is 5.33. The molecule has 0 fully saturated rings. The van der Waals surface area contributed by atoms with Crippen LogP contribution in [0.5, 0.6) is 0 Å². The maximum atomic E-state index is 6.09. The van der Waals surface area contributed by atoms with Gasteiger partial charge in [0.2, 0.25) is 0 Å². The van der Waals surface area contributed by atoms with E-state index in [9.17, 15) is 0 Å². The van der Waals surface area contributed by atoms with E-state index in [1.165, 1.54) is 27.5 Å². The van der Waals surface area contributed by atoms with Gasteiger partial charge in [-0.2, -0.15) is 0 Å². The average Bonchev–Trinajstić information content (AvgIpc) is 3.30. The van der Waals surface area contributed by atoms with Crippen molar-refractivity contribution in [2.24, 2.45) is 5.73 Å². The van der Waals surface area contributed by atoms with Crippen LogP contribution in [0.15, 0.2) is 60.3 Å². The predicted molar refractivity (Wildman–Crippen MR) is 125 cm³/mol. The highest BCUT2D eigenvalue weighted by atomic mass is 14.9. The van der Waals surface area contributed by atoms with Crippen LogP contribution < -0.4 is 5.73 Å². The Balaban J connectivity index is 1.71. The molecule has 0 atom stereocenters. The summed E-state index contributed by atoms with van der Waals surface area (Å²) in [5.41, 5.74) is 13.8. The monoisotopic (exact) mass is 378 g/mol. The zero-order valence-electron chi connectivity index (χ0n) is 16.9. The zero-order chi connectivity index (χ0) is 20.4. The maximum absolute atomic E-state index is 6.09. The van der Waals surface area contributed by atoms with Gasteiger partial charge in [0.05, 0.1) is 5.69 Å². The standard InChI is InChI=1S/C25H25BN3/c1-17-8-9-19-5-3-6-20(23(19)15-17)10-11-21-16-18(2)25(28-21)22(12-13-27)24-7-4-14-29(24)26/h3-11,14-16,28H,12-13,27H2,1-2H3/q+1/b11-10+. The normalized spacial score (nSPS) is 15.5. The number of nitrogens with zero attached hydrogens (tertiary/aromatic N) is 1. The Labute approximate surface area is 173 Å². The van der Waals surface area contributed by atoms with Crippen molar-refractivity contribution in [1.29, 1.82) is 0 Å². The van der Waals surface area contributed by atoms with Crippen molar-refractivity contribution in [3.8, 4) is 0 Å². The van der Waals surface area contributed by atoms with Crippen molar-refractivity contribution in [3.05, 3.63) is 88.4 Å². The third kappa shape index (κ3) is 3.89. The molecule has 1 aliphatic heterocycles. The molecule has 2 radical (unpaired) electrons. The topological polar surface area (TPSA) is 44.8 Å². The summed E-state index contributed by atoms with van der Waals surface area (Å²) < 4.78 is 1.65. The second-order valence-electron chi connectivity index (χ2n) is 7.51. The molecule has 3 aromatic rings. The summed E-state index contributed by atoms with van der Waals surface area (Å²) in [7, 11) is 6.09. The lowest BCUT2D eigenvalue weighted by Crippen LogP contribution is -2.09. The molecule has 2 aromatic carbocycles. The van der Waals surface area contributed by atoms with Gasteiger partial charge < -0.3 is 10.7 Å². The summed E-state index contributed by atoms with van der Waals surface area (Å²) in [5, 5.41) is 2.52. The van der Waals surface area contributed by atoms with E-state index in [1.807, 2.05) is 18.4 Å². The van der Waals surface area contributed by atoms with Crippen LogP contribution in [-0.4, -0.2) is 30.2 Å². The van der Waals surface area contributed by atoms with Crippen LogP contribution in [0.1, 0.15) is 34.5 Å². The number of hydrogen-bond donors (Lipinski definition) is 2. The molecule has 0 unspecified atom stereocenters. The van der Waals surface area contributed by atoms with Gasteiger partial charge in [-0.05, 0) is 60.9 Å². The Morgan fingerprint density at radius 3 is 2.76 bits per heavy atom. The largest absolute Gasteiger partial charge is 0.586 e. The number of nitrogens with two attached hydrogens (primary N) is 1. The fourth-order valence-electron chi connectivity index (χ4n) is 3.90. The average molecular weight is 378 g/mol. The number of aromatic nitrogens is 1. The van der Waals surface area contributed by atoms with Crippen LogP contribution >= 0.6 is 0 Å². The van der Waals surface area contributed by atoms with Crippen LogP contribution in [0.4, 0.5) is 0 Å². The van der Waals surface area contributed by atoms with E-state index in [-0.39, 0.29) is 0 Å². The van der Waals surface area contributed by atoms with E-state index in [4.69, 9.17) is 13.7 Å². The maximum Gasteiger partial charge on any atom is 0.586 e. The SMILES string of the molecule is [B][N+]1=CC=CC1=C(CCN)c1[nH]c(/C=C/c2cccc3ccc(C)cc23)cc1C. The summed E-state index contributed by atoms with van der Waals surface area (Å²) in [4.78, 5) is 3.56. The summed E-state index contributed by atoms with van der Waals surface area (Å²) in [5.74, 6) is 0. The molecule has 0 amide bonds. The van der Waals surface area contributed by atoms with Gasteiger partial charge in [-0.1, -0.05) is 48.0 Å². The molecule has 0 spiro atoms. The molecular formula is C25H25BN3+. The fourth-order valence-corrected chi connectivity index (χ4v) is 3.90. The number of aryl methyl sites for hydroxylation is 2. The lowest BCUT2D eigenvalue weighted by molar-refractivity contribution is -0.294. The molecule has 0 saturated heterocycles. The molecule has 29 heavy (non-hydrogen) atoms. The Kier molecular flexibility index (Phi) is 5.37. The molecule has 3 nitrogen and oxygen atoms in total. The first-order valence-corrected chi connectivity index (χ1v) is 9.93. The van der Waals surface area contributed by atoms with Gasteiger partial charge in [0, 0.05) is 23.4 Å². The number of fused-ring (bicyclic) bond motifs is 1. The predicted octanol–water partition coefficient (Wildman–Crippen LogP) is 4.75. The van der Waals surface area contributed by atoms with Crippen molar-refractivity contribution in [3.63, 3.8) is 0 Å². The van der Waals surface area contributed by atoms with Crippen LogP contribution in [-0.2, 0) is 0 Å². The molecule has 0 bridgehead atoms. The highest BCUT2D eigenvalue weighted by Crippen LogP contribution is 2.28. The van der Waals surface area contributed by atoms with E-state index in [1.54, 1.807) is 4.49 Å². The Morgan fingerprint density at radius 1 is 1.14 bits per heavy atom. The molecule has 0 aliphatic carbocycles. The number of nitrogens with one attached hydrogen (secondary N) is 1. The molecule has 3 N–H and O–H groups in total. The van der Waals surface area contributed by atoms with E-state index in [0.717, 1.165) is 29.1 Å². The van der Waals surface area contributed by atoms with Gasteiger partial charge in [-0.3, -0.25) is 4.49 Å². The Morgan fingerprint density at radius 2 is 2.00 bits per heavy atom. The summed E-state index contributed by atoms with van der Waals surface area (Å²) in [6, 6.07) is 15.1. The lowest BCUT2D eigenvalue weighted by atomic mass is 10.0. The van der Waals surface area contributed by atoms with Gasteiger partial charge in [0.15, 0.2) is 5.70 Å². The summed E-state index contributed by atoms with van der Waals surface area (Å²) >= 11 is 0. The molecule has 4 heteroatoms. The van der Waals surface area contributed by atoms with Crippen LogP contribution in [0.2, 0.25) is 0 Å². The van der Waals surface area contributed by atoms with Crippen molar-refractivity contribution in [2.75, 3.05) is 6.54 Å². The molecule has 2 heterocycles. The van der Waals surface area contributed by atoms with Crippen LogP contribution in [0.25, 0.3) is 28.5 Å². The molecule has 0 saturated carbocycles. The van der Waals surface area contributed by atoms with E-state index >= 15 is 0 Å². The van der Waals surface area contributed by atoms with Crippen molar-refractivity contribution in [2.45, 2.75) is 20.3 Å². The smallest absolute Gasteiger partial charge is 0.355 e. The minimum Gasteiger partial charge on any atom is -0.355 e. The van der Waals surface area contributed by atoms with Crippen molar-refractivity contribution >= 4 is 42.7 Å². The molecule has 4 rings (SSSR count). The van der Waals surface area contributed by atoms with Crippen molar-refractivity contribution < 1.29 is 4.49 Å². The minimum absolute atomic E-state index is 0.569. The fraction of sp³-hybridized carbons (Fsp3) is 0.160. The van der Waals surface area contributed by atoms with Gasteiger partial charge in [0.1, 0.15) is 6.21 Å². The lowest BCUT2D eigenvalue weighted by Gasteiger charge is -2.07. The van der Waals surface area contributed by atoms with E-state index in [2.05, 4.69) is 73.4 Å². The molecular weight excluding hydrogens is 353 g/mol. The number of hydrogen-bond acceptors (Lipinski definition) is 1. The minimum atomic E-state index is 0.569. The number of benzene rings is 2. The molecule has 1 aliphatic rings. The van der Waals surface area contributed by atoms with Crippen LogP contribution in [0, 0.1) is 13.8 Å². The summed E-state index contributed by atoms with van der Waals surface area (Å²) in [6.45, 7) is 4.81. The second kappa shape index (κ2) is 8.10. The second-order valence-corrected chi connectivity index (χ2v) is 7.51. The highest BCUT2D eigenvalue weighted by Gasteiger charge is 2.20. The number of aromatic amines is 1. The molecule has 142 valence electrons.